The normalized spacial score (nSPS) is 28.3. The van der Waals surface area contributed by atoms with Crippen molar-refractivity contribution in [1.82, 2.24) is 9.80 Å². The Kier molecular flexibility index (Phi) is 6.01. The number of rotatable bonds is 4. The van der Waals surface area contributed by atoms with Gasteiger partial charge in [-0.15, -0.1) is 0 Å². The molecule has 11 nitrogen and oxygen atoms in total. The van der Waals surface area contributed by atoms with Crippen LogP contribution in [0.4, 0.5) is 0 Å². The van der Waals surface area contributed by atoms with Crippen LogP contribution in [0.5, 0.6) is 5.75 Å². The number of nitriles is 1. The van der Waals surface area contributed by atoms with Crippen molar-refractivity contribution in [2.75, 3.05) is 27.2 Å². The standard InChI is InChI=1S/C30H30N4O7/c1-33(2)23-19-8-17-7-16-6-15-4-3-13(10-34-11-14(9-31)12-34)5-18(15)24(35)20(16)25(36)21(17)27(38)30(19,41)28(39)22(26(23)37)29(32)40/h3-6,14,17,19,23,35,37-38,41H,7-8,10-12H2,1-2H3,(H2,32,40)/t17-,19-,23-,30-/m0/s1. The monoisotopic (exact) mass is 558 g/mol. The van der Waals surface area contributed by atoms with Crippen molar-refractivity contribution in [1.29, 1.82) is 5.26 Å². The summed E-state index contributed by atoms with van der Waals surface area (Å²) in [5, 5.41) is 55.6. The van der Waals surface area contributed by atoms with E-state index in [2.05, 4.69) is 11.0 Å². The number of carbonyl (C=O) groups is 3. The summed E-state index contributed by atoms with van der Waals surface area (Å²) in [5.41, 5.74) is 3.16. The van der Waals surface area contributed by atoms with Gasteiger partial charge < -0.3 is 26.2 Å². The van der Waals surface area contributed by atoms with Crippen LogP contribution in [0.3, 0.4) is 0 Å². The molecule has 2 aromatic carbocycles. The lowest BCUT2D eigenvalue weighted by atomic mass is 9.58. The molecule has 1 heterocycles. The van der Waals surface area contributed by atoms with Gasteiger partial charge in [0.05, 0.1) is 23.6 Å². The van der Waals surface area contributed by atoms with Crippen LogP contribution in [-0.4, -0.2) is 86.5 Å². The number of likely N-dealkylation sites (N-methyl/N-ethyl adjacent to an activating group) is 1. The number of amides is 1. The van der Waals surface area contributed by atoms with E-state index in [1.165, 1.54) is 4.90 Å². The highest BCUT2D eigenvalue weighted by atomic mass is 16.3. The number of carbonyl (C=O) groups excluding carboxylic acids is 3. The first-order valence-corrected chi connectivity index (χ1v) is 13.4. The molecule has 0 aromatic heterocycles. The third-order valence-electron chi connectivity index (χ3n) is 9.14. The molecule has 0 bridgehead atoms. The SMILES string of the molecule is CN(C)[C@@H]1C(O)=C(C(N)=O)C(=O)[C@@]2(O)C(O)=C3C(=O)c4c(cc5ccc(CN6CC(C#N)C6)cc5c4O)C[C@H]3C[C@@H]12. The molecule has 3 aliphatic carbocycles. The lowest BCUT2D eigenvalue weighted by Gasteiger charge is -2.50. The van der Waals surface area contributed by atoms with Crippen molar-refractivity contribution in [3.63, 3.8) is 0 Å². The Morgan fingerprint density at radius 3 is 2.54 bits per heavy atom. The molecule has 11 heteroatoms. The maximum Gasteiger partial charge on any atom is 0.255 e. The smallest absolute Gasteiger partial charge is 0.255 e. The minimum Gasteiger partial charge on any atom is -0.510 e. The molecule has 0 unspecified atom stereocenters. The van der Waals surface area contributed by atoms with Gasteiger partial charge in [0, 0.05) is 36.5 Å². The molecule has 6 rings (SSSR count). The predicted octanol–water partition coefficient (Wildman–Crippen LogP) is 1.23. The van der Waals surface area contributed by atoms with Crippen molar-refractivity contribution in [3.8, 4) is 11.8 Å². The second-order valence-corrected chi connectivity index (χ2v) is 11.8. The Bertz CT molecular complexity index is 1660. The molecule has 6 N–H and O–H groups in total. The largest absolute Gasteiger partial charge is 0.510 e. The summed E-state index contributed by atoms with van der Waals surface area (Å²) in [5.74, 6) is -6.63. The molecular weight excluding hydrogens is 528 g/mol. The topological polar surface area (TPSA) is 188 Å². The number of aromatic hydroxyl groups is 1. The summed E-state index contributed by atoms with van der Waals surface area (Å²) in [7, 11) is 3.19. The Morgan fingerprint density at radius 2 is 1.90 bits per heavy atom. The minimum absolute atomic E-state index is 0.00914. The Labute approximate surface area is 235 Å². The van der Waals surface area contributed by atoms with E-state index in [1.807, 2.05) is 18.2 Å². The van der Waals surface area contributed by atoms with E-state index < -0.39 is 58.0 Å². The summed E-state index contributed by atoms with van der Waals surface area (Å²) in [6.45, 7) is 1.91. The first-order chi connectivity index (χ1) is 19.4. The van der Waals surface area contributed by atoms with Crippen LogP contribution in [0.15, 0.2) is 46.9 Å². The predicted molar refractivity (Wildman–Crippen MR) is 146 cm³/mol. The first-order valence-electron chi connectivity index (χ1n) is 13.4. The molecule has 1 saturated heterocycles. The fourth-order valence-electron chi connectivity index (χ4n) is 7.20. The number of phenols is 1. The molecule has 0 radical (unpaired) electrons. The van der Waals surface area contributed by atoms with Crippen LogP contribution in [0.1, 0.15) is 27.9 Å². The van der Waals surface area contributed by atoms with Gasteiger partial charge in [0.2, 0.25) is 5.78 Å². The van der Waals surface area contributed by atoms with E-state index >= 15 is 0 Å². The van der Waals surface area contributed by atoms with Gasteiger partial charge in [-0.3, -0.25) is 24.2 Å². The number of hydrogen-bond donors (Lipinski definition) is 5. The van der Waals surface area contributed by atoms with E-state index in [4.69, 9.17) is 11.0 Å². The number of primary amides is 1. The molecule has 0 spiro atoms. The molecule has 0 saturated carbocycles. The van der Waals surface area contributed by atoms with Gasteiger partial charge in [-0.1, -0.05) is 18.2 Å². The third kappa shape index (κ3) is 3.71. The van der Waals surface area contributed by atoms with Gasteiger partial charge in [-0.05, 0) is 55.4 Å². The number of likely N-dealkylation sites (tertiary alicyclic amines) is 1. The lowest BCUT2D eigenvalue weighted by molar-refractivity contribution is -0.148. The maximum absolute atomic E-state index is 13.9. The number of aliphatic hydroxyl groups excluding tert-OH is 2. The van der Waals surface area contributed by atoms with Gasteiger partial charge in [0.25, 0.3) is 5.91 Å². The quantitative estimate of drug-likeness (QED) is 0.341. The molecule has 2 aromatic rings. The molecule has 41 heavy (non-hydrogen) atoms. The molecule has 212 valence electrons. The van der Waals surface area contributed by atoms with E-state index in [9.17, 15) is 34.8 Å². The van der Waals surface area contributed by atoms with Crippen molar-refractivity contribution >= 4 is 28.2 Å². The number of allylic oxidation sites excluding steroid dienone is 1. The fourth-order valence-corrected chi connectivity index (χ4v) is 7.20. The summed E-state index contributed by atoms with van der Waals surface area (Å²) < 4.78 is 0. The van der Waals surface area contributed by atoms with Crippen molar-refractivity contribution < 1.29 is 34.8 Å². The summed E-state index contributed by atoms with van der Waals surface area (Å²) >= 11 is 0. The highest BCUT2D eigenvalue weighted by molar-refractivity contribution is 6.25. The molecule has 4 atom stereocenters. The highest BCUT2D eigenvalue weighted by Crippen LogP contribution is 2.52. The number of hydrogen-bond acceptors (Lipinski definition) is 10. The average Bonchev–Trinajstić information content (AvgIpc) is 2.88. The zero-order valence-electron chi connectivity index (χ0n) is 22.6. The number of aliphatic hydroxyl groups is 3. The van der Waals surface area contributed by atoms with Gasteiger partial charge in [-0.25, -0.2) is 0 Å². The number of ketones is 2. The fraction of sp³-hybridized carbons (Fsp3) is 0.400. The zero-order chi connectivity index (χ0) is 29.5. The number of Topliss-reactive ketones (excluding diaryl/α,β-unsaturated/α-hetero) is 2. The van der Waals surface area contributed by atoms with Crippen LogP contribution in [-0.2, 0) is 22.6 Å². The second-order valence-electron chi connectivity index (χ2n) is 11.8. The van der Waals surface area contributed by atoms with Crippen LogP contribution >= 0.6 is 0 Å². The average molecular weight is 559 g/mol. The molecule has 4 aliphatic rings. The van der Waals surface area contributed by atoms with Crippen molar-refractivity contribution in [2.24, 2.45) is 23.5 Å². The number of fused-ring (bicyclic) bond motifs is 4. The van der Waals surface area contributed by atoms with E-state index in [0.717, 1.165) is 10.9 Å². The number of nitrogens with two attached hydrogens (primary N) is 1. The molecule has 1 fully saturated rings. The van der Waals surface area contributed by atoms with Crippen LogP contribution < -0.4 is 5.73 Å². The van der Waals surface area contributed by atoms with Gasteiger partial charge in [0.1, 0.15) is 22.8 Å². The van der Waals surface area contributed by atoms with Crippen LogP contribution in [0.25, 0.3) is 10.8 Å². The van der Waals surface area contributed by atoms with E-state index in [0.29, 0.717) is 30.6 Å². The second kappa shape index (κ2) is 9.14. The zero-order valence-corrected chi connectivity index (χ0v) is 22.6. The Morgan fingerprint density at radius 1 is 1.20 bits per heavy atom. The van der Waals surface area contributed by atoms with Crippen molar-refractivity contribution in [3.05, 3.63) is 63.6 Å². The number of benzene rings is 2. The van der Waals surface area contributed by atoms with E-state index in [1.54, 1.807) is 20.2 Å². The summed E-state index contributed by atoms with van der Waals surface area (Å²) in [4.78, 5) is 43.1. The van der Waals surface area contributed by atoms with Crippen LogP contribution in [0, 0.1) is 29.1 Å². The first kappa shape index (κ1) is 27.0. The van der Waals surface area contributed by atoms with Gasteiger partial charge >= 0.3 is 0 Å². The molecular formula is C30H30N4O7. The van der Waals surface area contributed by atoms with Gasteiger partial charge in [0.15, 0.2) is 11.4 Å². The minimum atomic E-state index is -2.66. The van der Waals surface area contributed by atoms with Gasteiger partial charge in [-0.2, -0.15) is 5.26 Å². The van der Waals surface area contributed by atoms with E-state index in [-0.39, 0.29) is 35.6 Å². The Balaban J connectivity index is 1.45. The van der Waals surface area contributed by atoms with Crippen molar-refractivity contribution in [2.45, 2.75) is 31.0 Å². The number of phenolic OH excluding ortho intramolecular Hbond substituents is 1. The third-order valence-corrected chi connectivity index (χ3v) is 9.14. The summed E-state index contributed by atoms with van der Waals surface area (Å²) in [6.07, 6.45) is 0.284. The molecule has 1 amide bonds. The number of nitrogens with zero attached hydrogens (tertiary/aromatic N) is 3. The Hall–Kier alpha value is -4.24. The maximum atomic E-state index is 13.9. The molecule has 1 aliphatic heterocycles. The van der Waals surface area contributed by atoms with Crippen LogP contribution in [0.2, 0.25) is 0 Å². The highest BCUT2D eigenvalue weighted by Gasteiger charge is 2.63. The summed E-state index contributed by atoms with van der Waals surface area (Å²) in [6, 6.07) is 8.64. The lowest BCUT2D eigenvalue weighted by Crippen LogP contribution is -2.63.